The number of pyridine rings is 1. The van der Waals surface area contributed by atoms with Gasteiger partial charge in [-0.25, -0.2) is 13.4 Å². The maximum absolute atomic E-state index is 13.5. The minimum absolute atomic E-state index is 0.0706. The van der Waals surface area contributed by atoms with E-state index >= 15 is 0 Å². The molecule has 4 aromatic rings. The van der Waals surface area contributed by atoms with Crippen molar-refractivity contribution in [3.8, 4) is 17.1 Å². The predicted octanol–water partition coefficient (Wildman–Crippen LogP) is 4.68. The monoisotopic (exact) mass is 508 g/mol. The number of methoxy groups -OCH3 is 1. The SMILES string of the molecule is CCN(Cc1ccccc1)S(=O)(=O)c1cc(C(=O)Nc2nc(-c3ccccn3)cs2)ccc1OC. The molecule has 0 fully saturated rings. The van der Waals surface area contributed by atoms with Crippen LogP contribution < -0.4 is 10.1 Å². The van der Waals surface area contributed by atoms with Gasteiger partial charge in [-0.15, -0.1) is 11.3 Å². The average molecular weight is 509 g/mol. The molecule has 0 atom stereocenters. The van der Waals surface area contributed by atoms with Gasteiger partial charge in [-0.3, -0.25) is 15.1 Å². The van der Waals surface area contributed by atoms with Gasteiger partial charge in [0.15, 0.2) is 5.13 Å². The van der Waals surface area contributed by atoms with Gasteiger partial charge >= 0.3 is 0 Å². The second-order valence-corrected chi connectivity index (χ2v) is 10.3. The second-order valence-electron chi connectivity index (χ2n) is 7.49. The molecule has 0 aliphatic heterocycles. The van der Waals surface area contributed by atoms with Crippen LogP contribution in [0.3, 0.4) is 0 Å². The van der Waals surface area contributed by atoms with E-state index in [4.69, 9.17) is 4.74 Å². The molecular formula is C25H24N4O4S2. The lowest BCUT2D eigenvalue weighted by Crippen LogP contribution is -2.31. The van der Waals surface area contributed by atoms with Crippen LogP contribution in [0.4, 0.5) is 5.13 Å². The van der Waals surface area contributed by atoms with Gasteiger partial charge < -0.3 is 4.74 Å². The van der Waals surface area contributed by atoms with Gasteiger partial charge in [0.25, 0.3) is 5.91 Å². The van der Waals surface area contributed by atoms with Crippen LogP contribution >= 0.6 is 11.3 Å². The summed E-state index contributed by atoms with van der Waals surface area (Å²) in [6, 6.07) is 19.2. The zero-order valence-corrected chi connectivity index (χ0v) is 20.8. The Kier molecular flexibility index (Phi) is 7.54. The number of carbonyl (C=O) groups excluding carboxylic acids is 1. The van der Waals surface area contributed by atoms with Crippen molar-refractivity contribution in [1.82, 2.24) is 14.3 Å². The molecule has 4 rings (SSSR count). The van der Waals surface area contributed by atoms with Crippen molar-refractivity contribution in [2.24, 2.45) is 0 Å². The Hall–Kier alpha value is -3.60. The van der Waals surface area contributed by atoms with E-state index in [1.165, 1.54) is 41.0 Å². The average Bonchev–Trinajstić information content (AvgIpc) is 3.36. The second kappa shape index (κ2) is 10.8. The number of sulfonamides is 1. The number of hydrogen-bond acceptors (Lipinski definition) is 7. The molecule has 0 saturated heterocycles. The number of benzene rings is 2. The van der Waals surface area contributed by atoms with Crippen LogP contribution in [-0.2, 0) is 16.6 Å². The van der Waals surface area contributed by atoms with Gasteiger partial charge in [0.05, 0.1) is 12.8 Å². The summed E-state index contributed by atoms with van der Waals surface area (Å²) in [6.07, 6.45) is 1.67. The number of thiazole rings is 1. The molecule has 2 heterocycles. The van der Waals surface area contributed by atoms with Crippen molar-refractivity contribution in [2.45, 2.75) is 18.4 Å². The lowest BCUT2D eigenvalue weighted by Gasteiger charge is -2.22. The quantitative estimate of drug-likeness (QED) is 0.352. The number of amides is 1. The van der Waals surface area contributed by atoms with Crippen molar-refractivity contribution in [2.75, 3.05) is 19.0 Å². The third-order valence-corrected chi connectivity index (χ3v) is 7.95. The number of anilines is 1. The first-order valence-corrected chi connectivity index (χ1v) is 13.1. The Balaban J connectivity index is 1.59. The molecule has 35 heavy (non-hydrogen) atoms. The Morgan fingerprint density at radius 3 is 2.51 bits per heavy atom. The number of nitrogens with zero attached hydrogens (tertiary/aromatic N) is 3. The Labute approximate surface area is 208 Å². The van der Waals surface area contributed by atoms with Crippen molar-refractivity contribution in [3.05, 3.63) is 89.4 Å². The number of rotatable bonds is 9. The normalized spacial score (nSPS) is 11.4. The fourth-order valence-electron chi connectivity index (χ4n) is 3.44. The number of carbonyl (C=O) groups is 1. The Bertz CT molecular complexity index is 1410. The molecule has 0 saturated carbocycles. The van der Waals surface area contributed by atoms with Crippen LogP contribution in [0.1, 0.15) is 22.8 Å². The van der Waals surface area contributed by atoms with Gasteiger partial charge in [0.1, 0.15) is 16.3 Å². The maximum atomic E-state index is 13.5. The topological polar surface area (TPSA) is 101 Å². The molecule has 0 aliphatic carbocycles. The molecule has 0 aliphatic rings. The third-order valence-electron chi connectivity index (χ3n) is 5.25. The highest BCUT2D eigenvalue weighted by molar-refractivity contribution is 7.89. The van der Waals surface area contributed by atoms with E-state index in [-0.39, 0.29) is 29.3 Å². The molecule has 0 bridgehead atoms. The summed E-state index contributed by atoms with van der Waals surface area (Å²) >= 11 is 1.26. The number of nitrogens with one attached hydrogen (secondary N) is 1. The molecule has 180 valence electrons. The van der Waals surface area contributed by atoms with Crippen LogP contribution in [0, 0.1) is 0 Å². The third kappa shape index (κ3) is 5.56. The molecule has 1 amide bonds. The van der Waals surface area contributed by atoms with Crippen molar-refractivity contribution < 1.29 is 17.9 Å². The summed E-state index contributed by atoms with van der Waals surface area (Å²) in [7, 11) is -2.55. The van der Waals surface area contributed by atoms with E-state index in [1.807, 2.05) is 48.5 Å². The minimum atomic E-state index is -3.95. The highest BCUT2D eigenvalue weighted by Gasteiger charge is 2.28. The standard InChI is InChI=1S/C25H24N4O4S2/c1-3-29(16-18-9-5-4-6-10-18)35(31,32)23-15-19(12-13-22(23)33-2)24(30)28-25-27-21(17-34-25)20-11-7-8-14-26-20/h4-15,17H,3,16H2,1-2H3,(H,27,28,30). The highest BCUT2D eigenvalue weighted by Crippen LogP contribution is 2.30. The molecule has 1 N–H and O–H groups in total. The zero-order chi connectivity index (χ0) is 24.8. The van der Waals surface area contributed by atoms with Gasteiger partial charge in [-0.2, -0.15) is 4.31 Å². The van der Waals surface area contributed by atoms with Crippen LogP contribution in [0.15, 0.2) is 83.2 Å². The minimum Gasteiger partial charge on any atom is -0.495 e. The smallest absolute Gasteiger partial charge is 0.257 e. The molecule has 0 unspecified atom stereocenters. The summed E-state index contributed by atoms with van der Waals surface area (Å²) in [6.45, 7) is 2.23. The van der Waals surface area contributed by atoms with Gasteiger partial charge in [-0.05, 0) is 35.9 Å². The van der Waals surface area contributed by atoms with Gasteiger partial charge in [0, 0.05) is 30.2 Å². The zero-order valence-electron chi connectivity index (χ0n) is 19.2. The maximum Gasteiger partial charge on any atom is 0.257 e. The Morgan fingerprint density at radius 2 is 1.83 bits per heavy atom. The lowest BCUT2D eigenvalue weighted by atomic mass is 10.2. The van der Waals surface area contributed by atoms with E-state index in [1.54, 1.807) is 18.5 Å². The fourth-order valence-corrected chi connectivity index (χ4v) is 5.76. The molecule has 2 aromatic carbocycles. The van der Waals surface area contributed by atoms with Crippen molar-refractivity contribution in [3.63, 3.8) is 0 Å². The van der Waals surface area contributed by atoms with E-state index in [0.29, 0.717) is 16.5 Å². The summed E-state index contributed by atoms with van der Waals surface area (Å²) < 4.78 is 33.8. The van der Waals surface area contributed by atoms with Crippen LogP contribution in [0.2, 0.25) is 0 Å². The molecule has 8 nitrogen and oxygen atoms in total. The first kappa shape index (κ1) is 24.5. The van der Waals surface area contributed by atoms with E-state index in [2.05, 4.69) is 15.3 Å². The van der Waals surface area contributed by atoms with Crippen molar-refractivity contribution in [1.29, 1.82) is 0 Å². The summed E-state index contributed by atoms with van der Waals surface area (Å²) in [5.41, 5.74) is 2.37. The molecule has 10 heteroatoms. The van der Waals surface area contributed by atoms with Crippen molar-refractivity contribution >= 4 is 32.4 Å². The lowest BCUT2D eigenvalue weighted by molar-refractivity contribution is 0.102. The van der Waals surface area contributed by atoms with Gasteiger partial charge in [-0.1, -0.05) is 43.3 Å². The van der Waals surface area contributed by atoms with E-state index in [0.717, 1.165) is 5.56 Å². The number of aromatic nitrogens is 2. The van der Waals surface area contributed by atoms with Gasteiger partial charge in [0.2, 0.25) is 10.0 Å². The molecule has 0 spiro atoms. The van der Waals surface area contributed by atoms with E-state index in [9.17, 15) is 13.2 Å². The first-order valence-electron chi connectivity index (χ1n) is 10.8. The summed E-state index contributed by atoms with van der Waals surface area (Å²) in [4.78, 5) is 21.6. The number of hydrogen-bond donors (Lipinski definition) is 1. The van der Waals surface area contributed by atoms with Crippen LogP contribution in [0.25, 0.3) is 11.4 Å². The molecule has 2 aromatic heterocycles. The predicted molar refractivity (Wildman–Crippen MR) is 136 cm³/mol. The van der Waals surface area contributed by atoms with E-state index < -0.39 is 15.9 Å². The fraction of sp³-hybridized carbons (Fsp3) is 0.160. The summed E-state index contributed by atoms with van der Waals surface area (Å²) in [5, 5.41) is 4.92. The molecular weight excluding hydrogens is 484 g/mol. The largest absolute Gasteiger partial charge is 0.495 e. The van der Waals surface area contributed by atoms with Crippen LogP contribution in [0.5, 0.6) is 5.75 Å². The molecule has 0 radical (unpaired) electrons. The number of ether oxygens (including phenoxy) is 1. The summed E-state index contributed by atoms with van der Waals surface area (Å²) in [5.74, 6) is -0.308. The highest BCUT2D eigenvalue weighted by atomic mass is 32.2. The van der Waals surface area contributed by atoms with Crippen LogP contribution in [-0.4, -0.2) is 42.3 Å². The first-order chi connectivity index (χ1) is 16.9. The Morgan fingerprint density at radius 1 is 1.06 bits per heavy atom.